The van der Waals surface area contributed by atoms with Crippen molar-refractivity contribution in [2.75, 3.05) is 13.1 Å². The van der Waals surface area contributed by atoms with Crippen molar-refractivity contribution in [2.45, 2.75) is 24.1 Å². The van der Waals surface area contributed by atoms with Crippen molar-refractivity contribution in [2.24, 2.45) is 0 Å². The number of nitriles is 2. The van der Waals surface area contributed by atoms with Gasteiger partial charge in [-0.1, -0.05) is 0 Å². The Labute approximate surface area is 131 Å². The van der Waals surface area contributed by atoms with Gasteiger partial charge in [-0.3, -0.25) is 0 Å². The minimum absolute atomic E-state index is 0.0695. The van der Waals surface area contributed by atoms with Crippen LogP contribution in [0, 0.1) is 22.7 Å². The third-order valence-electron chi connectivity index (χ3n) is 2.64. The minimum Gasteiger partial charge on any atom is -0.406 e. The summed E-state index contributed by atoms with van der Waals surface area (Å²) in [6.45, 7) is -0.220. The first-order valence-electron chi connectivity index (χ1n) is 6.30. The summed E-state index contributed by atoms with van der Waals surface area (Å²) < 4.78 is 65.6. The lowest BCUT2D eigenvalue weighted by Gasteiger charge is -2.20. The fourth-order valence-corrected chi connectivity index (χ4v) is 3.11. The van der Waals surface area contributed by atoms with E-state index < -0.39 is 22.1 Å². The average Bonchev–Trinajstić information content (AvgIpc) is 2.46. The highest BCUT2D eigenvalue weighted by molar-refractivity contribution is 7.89. The van der Waals surface area contributed by atoms with Crippen LogP contribution < -0.4 is 4.74 Å². The predicted octanol–water partition coefficient (Wildman–Crippen LogP) is 2.40. The molecule has 1 rings (SSSR count). The van der Waals surface area contributed by atoms with Crippen LogP contribution in [-0.4, -0.2) is 32.2 Å². The number of halogens is 3. The molecule has 0 heterocycles. The van der Waals surface area contributed by atoms with Crippen molar-refractivity contribution in [1.29, 1.82) is 10.5 Å². The fraction of sp³-hybridized carbons (Fsp3) is 0.385. The molecular weight excluding hydrogens is 335 g/mol. The third-order valence-corrected chi connectivity index (χ3v) is 4.55. The third kappa shape index (κ3) is 5.77. The number of sulfonamides is 1. The SMILES string of the molecule is N#CCCN(CCC#N)S(=O)(=O)c1ccc(OC(F)(F)F)cc1. The molecule has 6 nitrogen and oxygen atoms in total. The monoisotopic (exact) mass is 347 g/mol. The summed E-state index contributed by atoms with van der Waals surface area (Å²) in [4.78, 5) is -0.247. The van der Waals surface area contributed by atoms with Crippen molar-refractivity contribution in [3.8, 4) is 17.9 Å². The second-order valence-corrected chi connectivity index (χ2v) is 6.18. The number of nitrogens with zero attached hydrogens (tertiary/aromatic N) is 3. The molecule has 0 saturated carbocycles. The summed E-state index contributed by atoms with van der Waals surface area (Å²) >= 11 is 0. The normalized spacial score (nSPS) is 11.7. The number of benzene rings is 1. The van der Waals surface area contributed by atoms with Crippen molar-refractivity contribution >= 4 is 10.0 Å². The molecule has 1 aromatic carbocycles. The van der Waals surface area contributed by atoms with Crippen molar-refractivity contribution in [3.05, 3.63) is 24.3 Å². The van der Waals surface area contributed by atoms with E-state index >= 15 is 0 Å². The number of rotatable bonds is 7. The molecule has 23 heavy (non-hydrogen) atoms. The molecule has 0 aromatic heterocycles. The highest BCUT2D eigenvalue weighted by Crippen LogP contribution is 2.25. The van der Waals surface area contributed by atoms with Gasteiger partial charge in [0.25, 0.3) is 0 Å². The molecule has 0 atom stereocenters. The average molecular weight is 347 g/mol. The van der Waals surface area contributed by atoms with Crippen LogP contribution in [0.4, 0.5) is 13.2 Å². The van der Waals surface area contributed by atoms with Crippen LogP contribution in [0.2, 0.25) is 0 Å². The predicted molar refractivity (Wildman–Crippen MR) is 72.3 cm³/mol. The van der Waals surface area contributed by atoms with Crippen LogP contribution in [-0.2, 0) is 10.0 Å². The number of alkyl halides is 3. The second-order valence-electron chi connectivity index (χ2n) is 4.24. The second kappa shape index (κ2) is 7.81. The van der Waals surface area contributed by atoms with Crippen LogP contribution in [0.15, 0.2) is 29.2 Å². The summed E-state index contributed by atoms with van der Waals surface area (Å²) in [5, 5.41) is 17.1. The topological polar surface area (TPSA) is 94.2 Å². The Morgan fingerprint density at radius 1 is 1.04 bits per heavy atom. The molecule has 0 amide bonds. The van der Waals surface area contributed by atoms with Gasteiger partial charge in [0.15, 0.2) is 0 Å². The number of ether oxygens (including phenoxy) is 1. The molecule has 0 radical (unpaired) electrons. The van der Waals surface area contributed by atoms with Crippen molar-refractivity contribution in [1.82, 2.24) is 4.31 Å². The largest absolute Gasteiger partial charge is 0.573 e. The van der Waals surface area contributed by atoms with Gasteiger partial charge in [-0.15, -0.1) is 13.2 Å². The summed E-state index contributed by atoms with van der Waals surface area (Å²) in [5.41, 5.74) is 0. The molecule has 0 aliphatic heterocycles. The zero-order chi connectivity index (χ0) is 17.5. The minimum atomic E-state index is -4.87. The van der Waals surface area contributed by atoms with E-state index in [0.717, 1.165) is 28.6 Å². The van der Waals surface area contributed by atoms with Crippen molar-refractivity contribution in [3.63, 3.8) is 0 Å². The number of hydrogen-bond donors (Lipinski definition) is 0. The summed E-state index contributed by atoms with van der Waals surface area (Å²) in [6, 6.07) is 7.31. The summed E-state index contributed by atoms with van der Waals surface area (Å²) in [6.07, 6.45) is -5.01. The summed E-state index contributed by atoms with van der Waals surface area (Å²) in [7, 11) is -4.01. The Kier molecular flexibility index (Phi) is 6.37. The molecule has 0 fully saturated rings. The van der Waals surface area contributed by atoms with Crippen LogP contribution in [0.1, 0.15) is 12.8 Å². The van der Waals surface area contributed by atoms with E-state index in [4.69, 9.17) is 10.5 Å². The first-order valence-corrected chi connectivity index (χ1v) is 7.74. The molecule has 1 aromatic rings. The van der Waals surface area contributed by atoms with Gasteiger partial charge in [-0.2, -0.15) is 14.8 Å². The van der Waals surface area contributed by atoms with Crippen LogP contribution in [0.3, 0.4) is 0 Å². The van der Waals surface area contributed by atoms with Gasteiger partial charge in [-0.25, -0.2) is 8.42 Å². The van der Waals surface area contributed by atoms with E-state index in [2.05, 4.69) is 4.74 Å². The quantitative estimate of drug-likeness (QED) is 0.755. The highest BCUT2D eigenvalue weighted by Gasteiger charge is 2.31. The maximum atomic E-state index is 12.4. The first kappa shape index (κ1) is 18.7. The molecule has 0 spiro atoms. The molecular formula is C13H12F3N3O3S. The lowest BCUT2D eigenvalue weighted by atomic mass is 10.3. The Bertz CT molecular complexity index is 685. The van der Waals surface area contributed by atoms with Crippen LogP contribution in [0.25, 0.3) is 0 Å². The Morgan fingerprint density at radius 3 is 1.91 bits per heavy atom. The Balaban J connectivity index is 3.00. The lowest BCUT2D eigenvalue weighted by molar-refractivity contribution is -0.274. The van der Waals surface area contributed by atoms with E-state index in [-0.39, 0.29) is 30.8 Å². The number of hydrogen-bond acceptors (Lipinski definition) is 5. The maximum absolute atomic E-state index is 12.4. The van der Waals surface area contributed by atoms with Gasteiger partial charge in [0.2, 0.25) is 10.0 Å². The smallest absolute Gasteiger partial charge is 0.406 e. The van der Waals surface area contributed by atoms with E-state index in [1.54, 1.807) is 12.1 Å². The van der Waals surface area contributed by atoms with E-state index in [1.807, 2.05) is 0 Å². The van der Waals surface area contributed by atoms with E-state index in [0.29, 0.717) is 0 Å². The van der Waals surface area contributed by atoms with Gasteiger partial charge >= 0.3 is 6.36 Å². The molecule has 0 bridgehead atoms. The van der Waals surface area contributed by atoms with Crippen LogP contribution in [0.5, 0.6) is 5.75 Å². The maximum Gasteiger partial charge on any atom is 0.573 e. The summed E-state index contributed by atoms with van der Waals surface area (Å²) in [5.74, 6) is -0.544. The van der Waals surface area contributed by atoms with Gasteiger partial charge < -0.3 is 4.74 Å². The van der Waals surface area contributed by atoms with Gasteiger partial charge in [0.1, 0.15) is 5.75 Å². The van der Waals surface area contributed by atoms with Gasteiger partial charge in [0, 0.05) is 25.9 Å². The molecule has 0 saturated heterocycles. The van der Waals surface area contributed by atoms with E-state index in [9.17, 15) is 21.6 Å². The molecule has 0 unspecified atom stereocenters. The van der Waals surface area contributed by atoms with Crippen LogP contribution >= 0.6 is 0 Å². The highest BCUT2D eigenvalue weighted by atomic mass is 32.2. The Morgan fingerprint density at radius 2 is 1.52 bits per heavy atom. The standard InChI is InChI=1S/C13H12F3N3O3S/c14-13(15,16)22-11-3-5-12(6-4-11)23(20,21)19(9-1-7-17)10-2-8-18/h3-6H,1-2,9-10H2. The molecule has 124 valence electrons. The van der Waals surface area contributed by atoms with Gasteiger partial charge in [-0.05, 0) is 24.3 Å². The lowest BCUT2D eigenvalue weighted by Crippen LogP contribution is -2.32. The first-order chi connectivity index (χ1) is 10.7. The Hall–Kier alpha value is -2.30. The molecule has 0 N–H and O–H groups in total. The zero-order valence-electron chi connectivity index (χ0n) is 11.7. The van der Waals surface area contributed by atoms with E-state index in [1.165, 1.54) is 0 Å². The molecule has 0 aliphatic rings. The molecule has 10 heteroatoms. The molecule has 0 aliphatic carbocycles. The zero-order valence-corrected chi connectivity index (χ0v) is 12.6. The fourth-order valence-electron chi connectivity index (χ4n) is 1.66. The van der Waals surface area contributed by atoms with Crippen molar-refractivity contribution < 1.29 is 26.3 Å². The van der Waals surface area contributed by atoms with Gasteiger partial charge in [0.05, 0.1) is 17.0 Å².